The summed E-state index contributed by atoms with van der Waals surface area (Å²) in [6.45, 7) is 13.4. The van der Waals surface area contributed by atoms with Crippen molar-refractivity contribution in [1.82, 2.24) is 39.2 Å². The molecule has 0 saturated carbocycles. The number of aromatic nitrogens is 4. The summed E-state index contributed by atoms with van der Waals surface area (Å²) >= 11 is 0. The van der Waals surface area contributed by atoms with Gasteiger partial charge in [-0.15, -0.1) is 0 Å². The Kier molecular flexibility index (Phi) is 24.4. The predicted molar refractivity (Wildman–Crippen MR) is 232 cm³/mol. The number of halogens is 4. The third-order valence-electron chi connectivity index (χ3n) is 9.55. The quantitative estimate of drug-likeness (QED) is 0.0480. The molecule has 0 aliphatic carbocycles. The Morgan fingerprint density at radius 2 is 0.941 bits per heavy atom. The monoisotopic (exact) mass is 960 g/mol. The van der Waals surface area contributed by atoms with Crippen molar-refractivity contribution < 1.29 is 75.5 Å². The zero-order chi connectivity index (χ0) is 49.8. The number of hydrogen-bond acceptors (Lipinski definition) is 14. The minimum Gasteiger partial charge on any atom is -0.478 e. The normalized spacial score (nSPS) is 13.9. The molecule has 2 fully saturated rings. The molecule has 68 heavy (non-hydrogen) atoms. The maximum Gasteiger partial charge on any atom is 0.331 e. The summed E-state index contributed by atoms with van der Waals surface area (Å²) in [5.74, 6) is -5.61. The molecule has 4 heterocycles. The molecule has 2 aromatic heterocycles. The van der Waals surface area contributed by atoms with Gasteiger partial charge in [0.05, 0.1) is 61.3 Å². The van der Waals surface area contributed by atoms with Crippen LogP contribution >= 0.6 is 0 Å². The summed E-state index contributed by atoms with van der Waals surface area (Å²) in [5.41, 5.74) is 2.35. The molecule has 2 aromatic carbocycles. The van der Waals surface area contributed by atoms with Crippen LogP contribution < -0.4 is 0 Å². The van der Waals surface area contributed by atoms with Crippen molar-refractivity contribution in [3.8, 4) is 11.4 Å². The van der Waals surface area contributed by atoms with E-state index in [0.717, 1.165) is 114 Å². The van der Waals surface area contributed by atoms with Crippen LogP contribution in [0.4, 0.5) is 17.6 Å². The standard InChI is InChI=1S/2C18H22F2N4O2.2C4H4O4/c2*1-14(25)23-8-6-22(7-9-23)10-11-26-13-15-4-5-24(21-15)16-2-3-17(19)18(20)12-16;2*5-3-8-2-1-4(6)7/h2*2-5,12H,6-11,13H2,1H3;2*1-3H,(H,6,7)/b;;2*2-1+. The molecule has 0 spiro atoms. The topological polar surface area (TPSA) is 228 Å². The van der Waals surface area contributed by atoms with Crippen LogP contribution in [0.25, 0.3) is 11.4 Å². The fourth-order valence-electron chi connectivity index (χ4n) is 5.99. The smallest absolute Gasteiger partial charge is 0.331 e. The Bertz CT molecular complexity index is 2140. The average molecular weight is 961 g/mol. The Morgan fingerprint density at radius 1 is 0.574 bits per heavy atom. The number of hydrogen-bond donors (Lipinski definition) is 2. The van der Waals surface area contributed by atoms with Crippen LogP contribution in [0.3, 0.4) is 0 Å². The minimum absolute atomic E-state index is 0.123. The first kappa shape index (κ1) is 55.1. The Labute approximate surface area is 388 Å². The Morgan fingerprint density at radius 3 is 1.25 bits per heavy atom. The molecule has 2 aliphatic heterocycles. The van der Waals surface area contributed by atoms with Gasteiger partial charge in [0.15, 0.2) is 23.3 Å². The van der Waals surface area contributed by atoms with Crippen molar-refractivity contribution in [3.63, 3.8) is 0 Å². The summed E-state index contributed by atoms with van der Waals surface area (Å²) < 4.78 is 74.7. The summed E-state index contributed by atoms with van der Waals surface area (Å²) in [7, 11) is 0. The van der Waals surface area contributed by atoms with Crippen LogP contribution in [-0.4, -0.2) is 165 Å². The number of benzene rings is 2. The zero-order valence-corrected chi connectivity index (χ0v) is 37.2. The van der Waals surface area contributed by atoms with Gasteiger partial charge >= 0.3 is 11.9 Å². The molecule has 2 saturated heterocycles. The second-order valence-electron chi connectivity index (χ2n) is 14.2. The van der Waals surface area contributed by atoms with E-state index in [9.17, 15) is 46.3 Å². The maximum absolute atomic E-state index is 13.3. The number of aliphatic carboxylic acids is 2. The van der Waals surface area contributed by atoms with Gasteiger partial charge in [-0.2, -0.15) is 10.2 Å². The minimum atomic E-state index is -1.15. The molecule has 2 N–H and O–H groups in total. The van der Waals surface area contributed by atoms with Crippen LogP contribution in [0.5, 0.6) is 0 Å². The lowest BCUT2D eigenvalue weighted by Crippen LogP contribution is -2.48. The molecule has 6 rings (SSSR count). The van der Waals surface area contributed by atoms with E-state index in [1.165, 1.54) is 21.5 Å². The maximum atomic E-state index is 13.3. The van der Waals surface area contributed by atoms with E-state index in [4.69, 9.17) is 19.7 Å². The van der Waals surface area contributed by atoms with Crippen molar-refractivity contribution in [2.75, 3.05) is 78.7 Å². The molecule has 0 unspecified atom stereocenters. The highest BCUT2D eigenvalue weighted by Crippen LogP contribution is 2.15. The highest BCUT2D eigenvalue weighted by atomic mass is 19.2. The van der Waals surface area contributed by atoms with Gasteiger partial charge in [-0.1, -0.05) is 0 Å². The second-order valence-corrected chi connectivity index (χ2v) is 14.2. The fraction of sp³-hybridized carbons (Fsp3) is 0.364. The van der Waals surface area contributed by atoms with Crippen LogP contribution in [-0.2, 0) is 60.9 Å². The zero-order valence-electron chi connectivity index (χ0n) is 37.2. The van der Waals surface area contributed by atoms with Crippen molar-refractivity contribution in [3.05, 3.63) is 120 Å². The molecular formula is C44H52F4N8O12. The first-order chi connectivity index (χ1) is 32.6. The number of piperazine rings is 2. The van der Waals surface area contributed by atoms with E-state index < -0.39 is 35.2 Å². The number of ether oxygens (including phenoxy) is 4. The van der Waals surface area contributed by atoms with E-state index in [2.05, 4.69) is 29.5 Å². The Hall–Kier alpha value is -7.28. The number of carbonyl (C=O) groups excluding carboxylic acids is 4. The first-order valence-corrected chi connectivity index (χ1v) is 20.7. The van der Waals surface area contributed by atoms with Crippen LogP contribution in [0.2, 0.25) is 0 Å². The van der Waals surface area contributed by atoms with Gasteiger partial charge in [-0.3, -0.25) is 29.0 Å². The predicted octanol–water partition coefficient (Wildman–Crippen LogP) is 3.18. The van der Waals surface area contributed by atoms with E-state index in [1.54, 1.807) is 38.4 Å². The molecule has 0 radical (unpaired) electrons. The van der Waals surface area contributed by atoms with E-state index in [0.29, 0.717) is 50.0 Å². The number of amides is 2. The molecule has 2 amide bonds. The van der Waals surface area contributed by atoms with Crippen molar-refractivity contribution in [2.45, 2.75) is 27.1 Å². The van der Waals surface area contributed by atoms with Crippen molar-refractivity contribution in [2.24, 2.45) is 0 Å². The molecular weight excluding hydrogens is 909 g/mol. The molecule has 24 heteroatoms. The lowest BCUT2D eigenvalue weighted by molar-refractivity contribution is -0.132. The summed E-state index contributed by atoms with van der Waals surface area (Å²) in [6.07, 6.45) is 6.38. The van der Waals surface area contributed by atoms with Gasteiger partial charge in [0.2, 0.25) is 11.8 Å². The van der Waals surface area contributed by atoms with Crippen LogP contribution in [0.1, 0.15) is 25.2 Å². The number of carboxylic acid groups (broad SMARTS) is 2. The first-order valence-electron chi connectivity index (χ1n) is 20.7. The highest BCUT2D eigenvalue weighted by molar-refractivity contribution is 5.80. The van der Waals surface area contributed by atoms with Gasteiger partial charge in [0, 0.05) is 104 Å². The van der Waals surface area contributed by atoms with Crippen LogP contribution in [0, 0.1) is 23.3 Å². The highest BCUT2D eigenvalue weighted by Gasteiger charge is 2.19. The summed E-state index contributed by atoms with van der Waals surface area (Å²) in [4.78, 5) is 68.6. The van der Waals surface area contributed by atoms with Crippen LogP contribution in [0.15, 0.2) is 85.6 Å². The number of carboxylic acids is 2. The van der Waals surface area contributed by atoms with E-state index in [1.807, 2.05) is 9.80 Å². The molecule has 0 atom stereocenters. The lowest BCUT2D eigenvalue weighted by Gasteiger charge is -2.34. The van der Waals surface area contributed by atoms with Crippen molar-refractivity contribution >= 4 is 36.7 Å². The van der Waals surface area contributed by atoms with E-state index >= 15 is 0 Å². The molecule has 4 aromatic rings. The summed E-state index contributed by atoms with van der Waals surface area (Å²) in [5, 5.41) is 24.3. The molecule has 2 aliphatic rings. The largest absolute Gasteiger partial charge is 0.478 e. The van der Waals surface area contributed by atoms with Gasteiger partial charge in [-0.25, -0.2) is 36.5 Å². The summed E-state index contributed by atoms with van der Waals surface area (Å²) in [6, 6.07) is 10.9. The lowest BCUT2D eigenvalue weighted by atomic mass is 10.3. The van der Waals surface area contributed by atoms with Gasteiger partial charge < -0.3 is 39.0 Å². The number of carbonyl (C=O) groups is 6. The van der Waals surface area contributed by atoms with E-state index in [-0.39, 0.29) is 24.8 Å². The third-order valence-corrected chi connectivity index (χ3v) is 9.55. The molecule has 368 valence electrons. The van der Waals surface area contributed by atoms with Gasteiger partial charge in [0.25, 0.3) is 12.9 Å². The Balaban J connectivity index is 0.000000274. The third kappa shape index (κ3) is 20.9. The van der Waals surface area contributed by atoms with Gasteiger partial charge in [-0.05, 0) is 36.4 Å². The SMILES string of the molecule is CC(=O)N1CCN(CCOCc2ccn(-c3ccc(F)c(F)c3)n2)CC1.CC(=O)N1CCN(CCOCc2ccn(-c3ccc(F)c(F)c3)n2)CC1.O=CO/C=C/C(=O)O.O=CO/C=C/C(=O)O. The fourth-order valence-corrected chi connectivity index (χ4v) is 5.99. The molecule has 0 bridgehead atoms. The number of rotatable bonds is 18. The average Bonchev–Trinajstić information content (AvgIpc) is 4.00. The van der Waals surface area contributed by atoms with Gasteiger partial charge in [0.1, 0.15) is 12.5 Å². The van der Waals surface area contributed by atoms with Crippen molar-refractivity contribution in [1.29, 1.82) is 0 Å². The number of nitrogens with zero attached hydrogens (tertiary/aromatic N) is 8. The second kappa shape index (κ2) is 30.1. The molecule has 20 nitrogen and oxygen atoms in total.